The first-order chi connectivity index (χ1) is 16.2. The van der Waals surface area contributed by atoms with Gasteiger partial charge >= 0.3 is 12.0 Å². The highest BCUT2D eigenvalue weighted by atomic mass is 32.2. The number of halogens is 1. The maximum Gasteiger partial charge on any atom is 0.329 e. The summed E-state index contributed by atoms with van der Waals surface area (Å²) in [5.74, 6) is -0.648. The Hall–Kier alpha value is -2.80. The Kier molecular flexibility index (Phi) is 8.78. The molecule has 13 heteroatoms. The number of likely N-dealkylation sites (N-methyl/N-ethyl adjacent to an activating group) is 1. The van der Waals surface area contributed by atoms with Crippen LogP contribution in [0.2, 0.25) is 0 Å². The van der Waals surface area contributed by atoms with Crippen LogP contribution in [0.5, 0.6) is 5.75 Å². The fourth-order valence-electron chi connectivity index (χ4n) is 3.22. The summed E-state index contributed by atoms with van der Waals surface area (Å²) in [7, 11) is -2.08. The molecule has 3 rings (SSSR count). The summed E-state index contributed by atoms with van der Waals surface area (Å²) in [5.41, 5.74) is 0. The SMILES string of the molecule is CCCCCCS(=O)(=O)c1nnc(N2C(=O)N(C)CC2OC(=O)CCOc2ccc(F)cc2)s1. The number of hydrogen-bond donors (Lipinski definition) is 0. The van der Waals surface area contributed by atoms with Gasteiger partial charge in [0.05, 0.1) is 25.3 Å². The molecular weight excluding hydrogens is 487 g/mol. The highest BCUT2D eigenvalue weighted by Crippen LogP contribution is 2.30. The first-order valence-corrected chi connectivity index (χ1v) is 13.4. The molecule has 0 radical (unpaired) electrons. The second-order valence-corrected chi connectivity index (χ2v) is 11.0. The van der Waals surface area contributed by atoms with Crippen LogP contribution in [0.25, 0.3) is 0 Å². The van der Waals surface area contributed by atoms with Crippen molar-refractivity contribution in [3.63, 3.8) is 0 Å². The zero-order chi connectivity index (χ0) is 24.7. The molecule has 1 fully saturated rings. The van der Waals surface area contributed by atoms with Gasteiger partial charge in [0, 0.05) is 7.05 Å². The average Bonchev–Trinajstić information content (AvgIpc) is 3.38. The Labute approximate surface area is 201 Å². The summed E-state index contributed by atoms with van der Waals surface area (Å²) in [4.78, 5) is 27.4. The molecule has 0 saturated carbocycles. The number of unbranched alkanes of at least 4 members (excludes halogenated alkanes) is 3. The molecule has 0 N–H and O–H groups in total. The fourth-order valence-corrected chi connectivity index (χ4v) is 5.74. The first kappa shape index (κ1) is 25.8. The zero-order valence-corrected chi connectivity index (χ0v) is 20.6. The summed E-state index contributed by atoms with van der Waals surface area (Å²) in [6, 6.07) is 4.89. The van der Waals surface area contributed by atoms with Gasteiger partial charge in [-0.25, -0.2) is 22.5 Å². The van der Waals surface area contributed by atoms with Gasteiger partial charge in [-0.05, 0) is 30.7 Å². The third kappa shape index (κ3) is 6.63. The first-order valence-electron chi connectivity index (χ1n) is 10.9. The van der Waals surface area contributed by atoms with Gasteiger partial charge in [0.25, 0.3) is 0 Å². The summed E-state index contributed by atoms with van der Waals surface area (Å²) in [5, 5.41) is 7.70. The standard InChI is InChI=1S/C21H27FN4O6S2/c1-3-4-5-6-13-34(29,30)20-24-23-19(33-20)26-17(14-25(2)21(26)28)32-18(27)11-12-31-16-9-7-15(22)8-10-16/h7-10,17H,3-6,11-14H2,1-2H3. The molecule has 1 atom stereocenters. The van der Waals surface area contributed by atoms with E-state index in [1.807, 2.05) is 6.92 Å². The molecule has 1 saturated heterocycles. The Bertz CT molecular complexity index is 1090. The number of carbonyl (C=O) groups excluding carboxylic acids is 2. The molecule has 10 nitrogen and oxygen atoms in total. The Morgan fingerprint density at radius 3 is 2.65 bits per heavy atom. The molecule has 2 amide bonds. The molecule has 0 spiro atoms. The molecule has 0 bridgehead atoms. The number of urea groups is 1. The van der Waals surface area contributed by atoms with E-state index in [0.29, 0.717) is 12.2 Å². The number of rotatable bonds is 12. The van der Waals surface area contributed by atoms with Gasteiger partial charge in [0.1, 0.15) is 11.6 Å². The number of anilines is 1. The number of ether oxygens (including phenoxy) is 2. The minimum Gasteiger partial charge on any atom is -0.493 e. The van der Waals surface area contributed by atoms with E-state index in [2.05, 4.69) is 10.2 Å². The molecular formula is C21H27FN4O6S2. The van der Waals surface area contributed by atoms with E-state index in [-0.39, 0.29) is 34.8 Å². The van der Waals surface area contributed by atoms with Crippen molar-refractivity contribution in [1.82, 2.24) is 15.1 Å². The Morgan fingerprint density at radius 2 is 1.94 bits per heavy atom. The van der Waals surface area contributed by atoms with E-state index in [0.717, 1.165) is 35.5 Å². The second kappa shape index (κ2) is 11.6. The monoisotopic (exact) mass is 514 g/mol. The number of carbonyl (C=O) groups is 2. The van der Waals surface area contributed by atoms with Crippen LogP contribution in [0.3, 0.4) is 0 Å². The molecule has 1 unspecified atom stereocenters. The normalized spacial score (nSPS) is 16.2. The summed E-state index contributed by atoms with van der Waals surface area (Å²) in [6.07, 6.45) is 2.19. The van der Waals surface area contributed by atoms with Crippen LogP contribution in [-0.2, 0) is 19.4 Å². The molecule has 1 aromatic carbocycles. The summed E-state index contributed by atoms with van der Waals surface area (Å²) >= 11 is 0.775. The molecule has 1 aromatic heterocycles. The van der Waals surface area contributed by atoms with Gasteiger partial charge in [-0.1, -0.05) is 37.5 Å². The van der Waals surface area contributed by atoms with Gasteiger partial charge in [0.15, 0.2) is 0 Å². The maximum absolute atomic E-state index is 12.9. The number of hydrogen-bond acceptors (Lipinski definition) is 9. The molecule has 2 heterocycles. The quantitative estimate of drug-likeness (QED) is 0.241. The molecule has 34 heavy (non-hydrogen) atoms. The molecule has 186 valence electrons. The number of benzene rings is 1. The van der Waals surface area contributed by atoms with Crippen LogP contribution in [0.4, 0.5) is 14.3 Å². The van der Waals surface area contributed by atoms with Gasteiger partial charge in [-0.15, -0.1) is 10.2 Å². The largest absolute Gasteiger partial charge is 0.493 e. The van der Waals surface area contributed by atoms with Gasteiger partial charge in [0.2, 0.25) is 25.5 Å². The van der Waals surface area contributed by atoms with Gasteiger partial charge < -0.3 is 14.4 Å². The Morgan fingerprint density at radius 1 is 1.21 bits per heavy atom. The van der Waals surface area contributed by atoms with Gasteiger partial charge in [-0.2, -0.15) is 0 Å². The van der Waals surface area contributed by atoms with E-state index in [4.69, 9.17) is 9.47 Å². The van der Waals surface area contributed by atoms with Crippen LogP contribution in [0.1, 0.15) is 39.0 Å². The van der Waals surface area contributed by atoms with Crippen LogP contribution < -0.4 is 9.64 Å². The summed E-state index contributed by atoms with van der Waals surface area (Å²) < 4.78 is 48.7. The topological polar surface area (TPSA) is 119 Å². The molecule has 0 aliphatic carbocycles. The van der Waals surface area contributed by atoms with E-state index in [1.54, 1.807) is 0 Å². The van der Waals surface area contributed by atoms with E-state index >= 15 is 0 Å². The lowest BCUT2D eigenvalue weighted by Crippen LogP contribution is -2.37. The number of sulfone groups is 1. The zero-order valence-electron chi connectivity index (χ0n) is 19.0. The number of amides is 2. The molecule has 2 aromatic rings. The number of esters is 1. The van der Waals surface area contributed by atoms with Crippen molar-refractivity contribution in [3.8, 4) is 5.75 Å². The Balaban J connectivity index is 1.60. The smallest absolute Gasteiger partial charge is 0.329 e. The molecule has 1 aliphatic heterocycles. The lowest BCUT2D eigenvalue weighted by atomic mass is 10.2. The van der Waals surface area contributed by atoms with E-state index in [9.17, 15) is 22.4 Å². The second-order valence-electron chi connectivity index (χ2n) is 7.76. The van der Waals surface area contributed by atoms with Crippen molar-refractivity contribution in [2.24, 2.45) is 0 Å². The van der Waals surface area contributed by atoms with Crippen molar-refractivity contribution in [3.05, 3.63) is 30.1 Å². The van der Waals surface area contributed by atoms with Crippen LogP contribution in [0, 0.1) is 5.82 Å². The third-order valence-corrected chi connectivity index (χ3v) is 8.21. The molecule has 1 aliphatic rings. The minimum absolute atomic E-state index is 0.000200. The maximum atomic E-state index is 12.9. The van der Waals surface area contributed by atoms with Crippen molar-refractivity contribution in [1.29, 1.82) is 0 Å². The highest BCUT2D eigenvalue weighted by molar-refractivity contribution is 7.93. The minimum atomic E-state index is -3.62. The van der Waals surface area contributed by atoms with Crippen molar-refractivity contribution >= 4 is 38.3 Å². The van der Waals surface area contributed by atoms with E-state index < -0.39 is 33.9 Å². The van der Waals surface area contributed by atoms with Crippen LogP contribution >= 0.6 is 11.3 Å². The van der Waals surface area contributed by atoms with Crippen LogP contribution in [-0.4, -0.2) is 67.7 Å². The number of aromatic nitrogens is 2. The number of nitrogens with zero attached hydrogens (tertiary/aromatic N) is 4. The summed E-state index contributed by atoms with van der Waals surface area (Å²) in [6.45, 7) is 2.12. The van der Waals surface area contributed by atoms with Gasteiger partial charge in [-0.3, -0.25) is 4.79 Å². The predicted molar refractivity (Wildman–Crippen MR) is 123 cm³/mol. The highest BCUT2D eigenvalue weighted by Gasteiger charge is 2.41. The van der Waals surface area contributed by atoms with Crippen molar-refractivity contribution < 1.29 is 31.9 Å². The lowest BCUT2D eigenvalue weighted by molar-refractivity contribution is -0.148. The van der Waals surface area contributed by atoms with Crippen LogP contribution in [0.15, 0.2) is 28.6 Å². The van der Waals surface area contributed by atoms with E-state index in [1.165, 1.54) is 36.2 Å². The van der Waals surface area contributed by atoms with Crippen molar-refractivity contribution in [2.45, 2.75) is 49.6 Å². The average molecular weight is 515 g/mol. The van der Waals surface area contributed by atoms with Crippen molar-refractivity contribution in [2.75, 3.05) is 30.9 Å². The lowest BCUT2D eigenvalue weighted by Gasteiger charge is -2.19. The predicted octanol–water partition coefficient (Wildman–Crippen LogP) is 3.24. The third-order valence-electron chi connectivity index (χ3n) is 5.04. The fraction of sp³-hybridized carbons (Fsp3) is 0.524.